The van der Waals surface area contributed by atoms with E-state index < -0.39 is 30.2 Å². The minimum absolute atomic E-state index is 0.0285. The monoisotopic (exact) mass is 399 g/mol. The van der Waals surface area contributed by atoms with Crippen molar-refractivity contribution in [3.63, 3.8) is 0 Å². The summed E-state index contributed by atoms with van der Waals surface area (Å²) < 4.78 is 42.2. The van der Waals surface area contributed by atoms with Crippen LogP contribution in [0.15, 0.2) is 36.4 Å². The fraction of sp³-hybridized carbons (Fsp3) is 0.278. The van der Waals surface area contributed by atoms with Crippen molar-refractivity contribution in [1.29, 1.82) is 0 Å². The Morgan fingerprint density at radius 2 is 1.70 bits per heavy atom. The molecular formula is C18H16F3NO4S. The molecule has 0 unspecified atom stereocenters. The number of amides is 1. The number of carbonyl (C=O) groups is 3. The first-order valence-corrected chi connectivity index (χ1v) is 8.69. The van der Waals surface area contributed by atoms with E-state index >= 15 is 0 Å². The maximum absolute atomic E-state index is 12.5. The van der Waals surface area contributed by atoms with Gasteiger partial charge in [-0.05, 0) is 43.3 Å². The summed E-state index contributed by atoms with van der Waals surface area (Å²) in [6.45, 7) is 1.27. The largest absolute Gasteiger partial charge is 0.456 e. The molecule has 0 radical (unpaired) electrons. The molecule has 0 atom stereocenters. The van der Waals surface area contributed by atoms with Crippen molar-refractivity contribution in [3.8, 4) is 0 Å². The van der Waals surface area contributed by atoms with Gasteiger partial charge in [-0.1, -0.05) is 0 Å². The van der Waals surface area contributed by atoms with Crippen molar-refractivity contribution >= 4 is 34.7 Å². The van der Waals surface area contributed by atoms with Crippen LogP contribution in [0.4, 0.5) is 18.9 Å². The Morgan fingerprint density at radius 1 is 1.04 bits per heavy atom. The molecule has 5 nitrogen and oxygen atoms in total. The Kier molecular flexibility index (Phi) is 6.73. The van der Waals surface area contributed by atoms with Crippen molar-refractivity contribution in [2.45, 2.75) is 25.9 Å². The lowest BCUT2D eigenvalue weighted by Gasteiger charge is -2.09. The zero-order valence-electron chi connectivity index (χ0n) is 14.3. The molecule has 1 aromatic carbocycles. The van der Waals surface area contributed by atoms with E-state index in [4.69, 9.17) is 4.74 Å². The van der Waals surface area contributed by atoms with E-state index in [1.54, 1.807) is 6.07 Å². The number of alkyl halides is 3. The second-order valence-corrected chi connectivity index (χ2v) is 6.91. The minimum atomic E-state index is -4.46. The number of ketones is 1. The molecule has 0 bridgehead atoms. The topological polar surface area (TPSA) is 72.5 Å². The van der Waals surface area contributed by atoms with Crippen molar-refractivity contribution in [2.75, 3.05) is 11.9 Å². The number of benzene rings is 1. The number of nitrogens with one attached hydrogen (secondary N) is 1. The molecule has 0 saturated heterocycles. The lowest BCUT2D eigenvalue weighted by Crippen LogP contribution is -2.21. The van der Waals surface area contributed by atoms with Gasteiger partial charge in [0.2, 0.25) is 0 Å². The Balaban J connectivity index is 1.73. The van der Waals surface area contributed by atoms with Crippen LogP contribution in [-0.2, 0) is 20.5 Å². The predicted octanol–water partition coefficient (Wildman–Crippen LogP) is 4.22. The molecule has 0 saturated carbocycles. The second-order valence-electron chi connectivity index (χ2n) is 5.62. The summed E-state index contributed by atoms with van der Waals surface area (Å²) >= 11 is 1.33. The first-order chi connectivity index (χ1) is 12.6. The zero-order chi connectivity index (χ0) is 20.0. The molecule has 1 heterocycles. The molecule has 144 valence electrons. The van der Waals surface area contributed by atoms with Crippen molar-refractivity contribution in [1.82, 2.24) is 0 Å². The molecule has 0 aliphatic heterocycles. The average Bonchev–Trinajstić information content (AvgIpc) is 3.04. The standard InChI is InChI=1S/C18H16F3NO4S/c1-11-2-8-15(27-11)14(23)7-9-17(25)26-10-16(24)22-13-5-3-12(4-6-13)18(19,20)21/h2-6,8H,7,9-10H2,1H3,(H,22,24). The Bertz CT molecular complexity index is 828. The molecule has 2 aromatic rings. The van der Waals surface area contributed by atoms with Crippen molar-refractivity contribution in [2.24, 2.45) is 0 Å². The van der Waals surface area contributed by atoms with E-state index in [1.165, 1.54) is 11.3 Å². The first kappa shape index (κ1) is 20.6. The lowest BCUT2D eigenvalue weighted by molar-refractivity contribution is -0.147. The third-order valence-electron chi connectivity index (χ3n) is 3.43. The summed E-state index contributed by atoms with van der Waals surface area (Å²) in [5.41, 5.74) is -0.690. The molecule has 9 heteroatoms. The van der Waals surface area contributed by atoms with E-state index in [2.05, 4.69) is 5.32 Å². The number of halogens is 3. The first-order valence-electron chi connectivity index (χ1n) is 7.87. The van der Waals surface area contributed by atoms with Gasteiger partial charge >= 0.3 is 12.1 Å². The van der Waals surface area contributed by atoms with Crippen molar-refractivity contribution in [3.05, 3.63) is 51.7 Å². The fourth-order valence-corrected chi connectivity index (χ4v) is 2.92. The van der Waals surface area contributed by atoms with Crippen LogP contribution in [0.2, 0.25) is 0 Å². The summed E-state index contributed by atoms with van der Waals surface area (Å²) in [7, 11) is 0. The number of aryl methyl sites for hydroxylation is 1. The summed E-state index contributed by atoms with van der Waals surface area (Å²) in [5.74, 6) is -1.58. The van der Waals surface area contributed by atoms with Gasteiger partial charge in [-0.2, -0.15) is 13.2 Å². The van der Waals surface area contributed by atoms with E-state index in [1.807, 2.05) is 13.0 Å². The van der Waals surface area contributed by atoms with Gasteiger partial charge in [-0.3, -0.25) is 14.4 Å². The number of ether oxygens (including phenoxy) is 1. The molecule has 0 spiro atoms. The summed E-state index contributed by atoms with van der Waals surface area (Å²) in [6.07, 6.45) is -4.65. The number of hydrogen-bond acceptors (Lipinski definition) is 5. The summed E-state index contributed by atoms with van der Waals surface area (Å²) in [4.78, 5) is 36.7. The Hall–Kier alpha value is -2.68. The second kappa shape index (κ2) is 8.81. The maximum Gasteiger partial charge on any atom is 0.416 e. The summed E-state index contributed by atoms with van der Waals surface area (Å²) in [5, 5.41) is 2.32. The molecule has 1 amide bonds. The van der Waals surface area contributed by atoms with Crippen LogP contribution in [0.25, 0.3) is 0 Å². The number of esters is 1. The Morgan fingerprint density at radius 3 is 2.26 bits per heavy atom. The normalized spacial score (nSPS) is 11.1. The highest BCUT2D eigenvalue weighted by molar-refractivity contribution is 7.14. The third-order valence-corrected chi connectivity index (χ3v) is 4.47. The van der Waals surface area contributed by atoms with Crippen LogP contribution in [0.1, 0.15) is 33.0 Å². The van der Waals surface area contributed by atoms with Crippen LogP contribution in [0.3, 0.4) is 0 Å². The van der Waals surface area contributed by atoms with Crippen LogP contribution in [-0.4, -0.2) is 24.3 Å². The molecule has 1 N–H and O–H groups in total. The molecular weight excluding hydrogens is 383 g/mol. The molecule has 27 heavy (non-hydrogen) atoms. The zero-order valence-corrected chi connectivity index (χ0v) is 15.1. The van der Waals surface area contributed by atoms with E-state index in [0.29, 0.717) is 4.88 Å². The number of rotatable bonds is 7. The molecule has 2 rings (SSSR count). The number of thiophene rings is 1. The van der Waals surface area contributed by atoms with Gasteiger partial charge in [0.1, 0.15) is 0 Å². The van der Waals surface area contributed by atoms with Crippen LogP contribution in [0.5, 0.6) is 0 Å². The quantitative estimate of drug-likeness (QED) is 0.559. The molecule has 0 aliphatic rings. The highest BCUT2D eigenvalue weighted by Crippen LogP contribution is 2.29. The van der Waals surface area contributed by atoms with Crippen LogP contribution < -0.4 is 5.32 Å². The van der Waals surface area contributed by atoms with Gasteiger partial charge in [-0.15, -0.1) is 11.3 Å². The average molecular weight is 399 g/mol. The van der Waals surface area contributed by atoms with Gasteiger partial charge < -0.3 is 10.1 Å². The molecule has 0 fully saturated rings. The number of hydrogen-bond donors (Lipinski definition) is 1. The predicted molar refractivity (Wildman–Crippen MR) is 93.7 cm³/mol. The van der Waals surface area contributed by atoms with Gasteiger partial charge in [0.05, 0.1) is 16.9 Å². The van der Waals surface area contributed by atoms with Gasteiger partial charge in [0.25, 0.3) is 5.91 Å². The SMILES string of the molecule is Cc1ccc(C(=O)CCC(=O)OCC(=O)Nc2ccc(C(F)(F)F)cc2)s1. The van der Waals surface area contributed by atoms with E-state index in [0.717, 1.165) is 29.1 Å². The maximum atomic E-state index is 12.5. The van der Waals surface area contributed by atoms with E-state index in [9.17, 15) is 27.6 Å². The lowest BCUT2D eigenvalue weighted by atomic mass is 10.2. The van der Waals surface area contributed by atoms with Gasteiger partial charge in [-0.25, -0.2) is 0 Å². The minimum Gasteiger partial charge on any atom is -0.456 e. The van der Waals surface area contributed by atoms with Crippen molar-refractivity contribution < 1.29 is 32.3 Å². The number of Topliss-reactive ketones (excluding diaryl/α,β-unsaturated/α-hetero) is 1. The third kappa shape index (κ3) is 6.52. The van der Waals surface area contributed by atoms with Gasteiger partial charge in [0, 0.05) is 17.0 Å². The molecule has 0 aliphatic carbocycles. The number of anilines is 1. The van der Waals surface area contributed by atoms with Crippen LogP contribution in [0, 0.1) is 6.92 Å². The summed E-state index contributed by atoms with van der Waals surface area (Å²) in [6, 6.07) is 7.36. The van der Waals surface area contributed by atoms with Gasteiger partial charge in [0.15, 0.2) is 12.4 Å². The smallest absolute Gasteiger partial charge is 0.416 e. The Labute approximate surface area is 157 Å². The highest BCUT2D eigenvalue weighted by atomic mass is 32.1. The highest BCUT2D eigenvalue weighted by Gasteiger charge is 2.30. The van der Waals surface area contributed by atoms with Crippen LogP contribution >= 0.6 is 11.3 Å². The van der Waals surface area contributed by atoms with E-state index in [-0.39, 0.29) is 24.3 Å². The molecule has 1 aromatic heterocycles. The fourth-order valence-electron chi connectivity index (χ4n) is 2.08. The number of carbonyl (C=O) groups excluding carboxylic acids is 3.